The van der Waals surface area contributed by atoms with E-state index >= 15 is 0 Å². The predicted octanol–water partition coefficient (Wildman–Crippen LogP) is 0.227. The number of benzene rings is 1. The van der Waals surface area contributed by atoms with Gasteiger partial charge >= 0.3 is 0 Å². The number of nitrogens with one attached hydrogen (secondary N) is 1. The second-order valence-electron chi connectivity index (χ2n) is 4.56. The summed E-state index contributed by atoms with van der Waals surface area (Å²) in [4.78, 5) is 48.1. The van der Waals surface area contributed by atoms with E-state index in [2.05, 4.69) is 5.32 Å². The number of halogens is 1. The van der Waals surface area contributed by atoms with Gasteiger partial charge in [-0.1, -0.05) is 0 Å². The van der Waals surface area contributed by atoms with Gasteiger partial charge in [0.1, 0.15) is 11.9 Å². The van der Waals surface area contributed by atoms with Crippen molar-refractivity contribution in [3.05, 3.63) is 35.1 Å². The van der Waals surface area contributed by atoms with Crippen LogP contribution in [0.25, 0.3) is 0 Å². The number of carbonyl (C=O) groups is 4. The standard InChI is InChI=1S/C13H9FN2O4/c14-6-1-2-7-8(5-6)13(20)16(12(7)19)9-3-4-10(17)15-11(9)18/h1-2,5,9H,3-4H2,(H,15,17,18)/i1D. The van der Waals surface area contributed by atoms with Crippen LogP contribution in [0.2, 0.25) is 0 Å². The molecule has 0 bridgehead atoms. The van der Waals surface area contributed by atoms with Gasteiger partial charge in [-0.15, -0.1) is 0 Å². The number of hydrogen-bond acceptors (Lipinski definition) is 4. The average molecular weight is 277 g/mol. The maximum Gasteiger partial charge on any atom is 0.262 e. The van der Waals surface area contributed by atoms with Crippen LogP contribution >= 0.6 is 0 Å². The lowest BCUT2D eigenvalue weighted by Gasteiger charge is -2.27. The number of rotatable bonds is 1. The number of hydrogen-bond donors (Lipinski definition) is 1. The molecule has 7 heteroatoms. The molecule has 1 atom stereocenters. The Kier molecular flexibility index (Phi) is 2.38. The third kappa shape index (κ3) is 1.70. The van der Waals surface area contributed by atoms with Crippen molar-refractivity contribution in [1.29, 1.82) is 0 Å². The molecule has 2 heterocycles. The van der Waals surface area contributed by atoms with E-state index in [1.54, 1.807) is 0 Å². The van der Waals surface area contributed by atoms with Crippen LogP contribution < -0.4 is 5.32 Å². The number of piperidine rings is 1. The Hall–Kier alpha value is -2.57. The molecule has 1 N–H and O–H groups in total. The van der Waals surface area contributed by atoms with Crippen LogP contribution in [0.4, 0.5) is 4.39 Å². The van der Waals surface area contributed by atoms with Gasteiger partial charge in [-0.2, -0.15) is 0 Å². The minimum absolute atomic E-state index is 0.0157. The molecule has 0 saturated carbocycles. The topological polar surface area (TPSA) is 83.6 Å². The lowest BCUT2D eigenvalue weighted by molar-refractivity contribution is -0.136. The predicted molar refractivity (Wildman–Crippen MR) is 63.1 cm³/mol. The highest BCUT2D eigenvalue weighted by Gasteiger charge is 2.44. The summed E-state index contributed by atoms with van der Waals surface area (Å²) in [6.07, 6.45) is 0.0498. The first-order valence-corrected chi connectivity index (χ1v) is 5.92. The van der Waals surface area contributed by atoms with E-state index < -0.39 is 41.5 Å². The van der Waals surface area contributed by atoms with E-state index in [0.29, 0.717) is 0 Å². The minimum atomic E-state index is -1.09. The molecule has 20 heavy (non-hydrogen) atoms. The Morgan fingerprint density at radius 2 is 1.95 bits per heavy atom. The first kappa shape index (κ1) is 11.3. The molecule has 1 saturated heterocycles. The highest BCUT2D eigenvalue weighted by Crippen LogP contribution is 2.27. The summed E-state index contributed by atoms with van der Waals surface area (Å²) >= 11 is 0. The molecule has 4 amide bonds. The largest absolute Gasteiger partial charge is 0.295 e. The molecule has 102 valence electrons. The van der Waals surface area contributed by atoms with Crippen LogP contribution in [-0.2, 0) is 9.59 Å². The Balaban J connectivity index is 2.00. The van der Waals surface area contributed by atoms with Gasteiger partial charge in [-0.3, -0.25) is 29.4 Å². The summed E-state index contributed by atoms with van der Waals surface area (Å²) < 4.78 is 20.7. The zero-order valence-electron chi connectivity index (χ0n) is 11.1. The van der Waals surface area contributed by atoms with Gasteiger partial charge in [0.15, 0.2) is 0 Å². The van der Waals surface area contributed by atoms with E-state index in [9.17, 15) is 23.6 Å². The molecule has 2 aliphatic rings. The highest BCUT2D eigenvalue weighted by molar-refractivity contribution is 6.23. The van der Waals surface area contributed by atoms with Crippen LogP contribution in [-0.4, -0.2) is 34.6 Å². The van der Waals surface area contributed by atoms with Crippen molar-refractivity contribution in [2.24, 2.45) is 0 Å². The summed E-state index contributed by atoms with van der Waals surface area (Å²) in [5.41, 5.74) is -0.269. The molecule has 1 aromatic carbocycles. The Labute approximate surface area is 114 Å². The van der Waals surface area contributed by atoms with Crippen LogP contribution in [0, 0.1) is 5.82 Å². The van der Waals surface area contributed by atoms with E-state index in [1.807, 2.05) is 0 Å². The molecule has 0 aliphatic carbocycles. The molecule has 1 unspecified atom stereocenters. The minimum Gasteiger partial charge on any atom is -0.295 e. The smallest absolute Gasteiger partial charge is 0.262 e. The highest BCUT2D eigenvalue weighted by atomic mass is 19.1. The van der Waals surface area contributed by atoms with Gasteiger partial charge in [0.2, 0.25) is 11.8 Å². The Bertz CT molecular complexity index is 677. The SMILES string of the molecule is [2H]c1cc2c(cc1F)C(=O)N(C1CCC(=O)NC1=O)C2=O. The van der Waals surface area contributed by atoms with Crippen LogP contribution in [0.1, 0.15) is 34.9 Å². The van der Waals surface area contributed by atoms with E-state index in [4.69, 9.17) is 1.37 Å². The third-order valence-corrected chi connectivity index (χ3v) is 3.34. The van der Waals surface area contributed by atoms with Crippen molar-refractivity contribution in [2.45, 2.75) is 18.9 Å². The van der Waals surface area contributed by atoms with Crippen LogP contribution in [0.5, 0.6) is 0 Å². The summed E-state index contributed by atoms with van der Waals surface area (Å²) in [5, 5.41) is 2.06. The molecule has 0 radical (unpaired) electrons. The molecule has 3 rings (SSSR count). The van der Waals surface area contributed by atoms with Crippen LogP contribution in [0.15, 0.2) is 18.2 Å². The fourth-order valence-corrected chi connectivity index (χ4v) is 2.38. The molecule has 0 spiro atoms. The summed E-state index contributed by atoms with van der Waals surface area (Å²) in [5.74, 6) is -3.65. The number of fused-ring (bicyclic) bond motifs is 1. The summed E-state index contributed by atoms with van der Waals surface area (Å²) in [6, 6.07) is 0.202. The van der Waals surface area contributed by atoms with Gasteiger partial charge < -0.3 is 0 Å². The fraction of sp³-hybridized carbons (Fsp3) is 0.231. The first-order valence-electron chi connectivity index (χ1n) is 6.42. The van der Waals surface area contributed by atoms with Crippen molar-refractivity contribution in [2.75, 3.05) is 0 Å². The maximum atomic E-state index is 13.4. The number of nitrogens with zero attached hydrogens (tertiary/aromatic N) is 1. The van der Waals surface area contributed by atoms with Gasteiger partial charge in [-0.05, 0) is 24.6 Å². The van der Waals surface area contributed by atoms with Gasteiger partial charge in [0.25, 0.3) is 11.8 Å². The molecule has 1 aromatic rings. The number of amides is 4. The summed E-state index contributed by atoms with van der Waals surface area (Å²) in [7, 11) is 0. The molecular formula is C13H9FN2O4. The lowest BCUT2D eigenvalue weighted by atomic mass is 10.0. The van der Waals surface area contributed by atoms with Crippen molar-refractivity contribution < 1.29 is 24.9 Å². The van der Waals surface area contributed by atoms with Gasteiger partial charge in [0.05, 0.1) is 12.5 Å². The fourth-order valence-electron chi connectivity index (χ4n) is 2.38. The van der Waals surface area contributed by atoms with Crippen molar-refractivity contribution in [3.8, 4) is 0 Å². The number of imide groups is 2. The molecular weight excluding hydrogens is 267 g/mol. The molecule has 2 aliphatic heterocycles. The van der Waals surface area contributed by atoms with E-state index in [1.165, 1.54) is 0 Å². The van der Waals surface area contributed by atoms with Crippen molar-refractivity contribution in [1.82, 2.24) is 10.2 Å². The summed E-state index contributed by atoms with van der Waals surface area (Å²) in [6.45, 7) is 0. The molecule has 6 nitrogen and oxygen atoms in total. The lowest BCUT2D eigenvalue weighted by Crippen LogP contribution is -2.54. The van der Waals surface area contributed by atoms with Gasteiger partial charge in [-0.25, -0.2) is 4.39 Å². The van der Waals surface area contributed by atoms with Crippen molar-refractivity contribution in [3.63, 3.8) is 0 Å². The first-order chi connectivity index (χ1) is 9.90. The quantitative estimate of drug-likeness (QED) is 0.745. The van der Waals surface area contributed by atoms with Gasteiger partial charge in [0, 0.05) is 6.42 Å². The van der Waals surface area contributed by atoms with Crippen LogP contribution in [0.3, 0.4) is 0 Å². The Morgan fingerprint density at radius 1 is 1.25 bits per heavy atom. The van der Waals surface area contributed by atoms with E-state index in [-0.39, 0.29) is 24.0 Å². The number of carbonyl (C=O) groups excluding carboxylic acids is 4. The average Bonchev–Trinajstić information content (AvgIpc) is 2.64. The normalized spacial score (nSPS) is 22.8. The second-order valence-corrected chi connectivity index (χ2v) is 4.56. The zero-order valence-corrected chi connectivity index (χ0v) is 10.1. The third-order valence-electron chi connectivity index (χ3n) is 3.34. The van der Waals surface area contributed by atoms with Crippen molar-refractivity contribution >= 4 is 23.6 Å². The monoisotopic (exact) mass is 277 g/mol. The van der Waals surface area contributed by atoms with E-state index in [0.717, 1.165) is 17.0 Å². The Morgan fingerprint density at radius 3 is 2.65 bits per heavy atom. The molecule has 0 aromatic heterocycles. The maximum absolute atomic E-state index is 13.4. The molecule has 1 fully saturated rings. The zero-order chi connectivity index (χ0) is 15.3. The second kappa shape index (κ2) is 4.22.